The maximum atomic E-state index is 12.9. The molecule has 1 saturated carbocycles. The topological polar surface area (TPSA) is 163 Å². The maximum Gasteiger partial charge on any atom is 0.255 e. The van der Waals surface area contributed by atoms with E-state index >= 15 is 0 Å². The molecule has 3 aliphatic heterocycles. The van der Waals surface area contributed by atoms with E-state index in [1.54, 1.807) is 18.5 Å². The molecular weight excluding hydrogens is 584 g/mol. The van der Waals surface area contributed by atoms with Gasteiger partial charge in [-0.3, -0.25) is 39.4 Å². The molecule has 1 aromatic heterocycles. The van der Waals surface area contributed by atoms with E-state index in [2.05, 4.69) is 25.5 Å². The molecule has 0 radical (unpaired) electrons. The number of imide groups is 1. The minimum atomic E-state index is -0.643. The summed E-state index contributed by atoms with van der Waals surface area (Å²) in [6, 6.07) is 13.1. The van der Waals surface area contributed by atoms with Crippen molar-refractivity contribution in [3.8, 4) is 0 Å². The number of para-hydroxylation sites is 2. The number of aromatic nitrogens is 2. The van der Waals surface area contributed by atoms with Gasteiger partial charge in [-0.1, -0.05) is 24.3 Å². The van der Waals surface area contributed by atoms with E-state index in [9.17, 15) is 19.2 Å². The molecule has 4 heterocycles. The van der Waals surface area contributed by atoms with Gasteiger partial charge in [-0.25, -0.2) is 4.98 Å². The second kappa shape index (κ2) is 12.4. The van der Waals surface area contributed by atoms with Gasteiger partial charge in [-0.15, -0.1) is 0 Å². The summed E-state index contributed by atoms with van der Waals surface area (Å²) in [5.41, 5.74) is 11.3. The van der Waals surface area contributed by atoms with E-state index in [1.807, 2.05) is 36.4 Å². The van der Waals surface area contributed by atoms with Gasteiger partial charge in [0.1, 0.15) is 6.04 Å². The number of carbonyl (C=O) groups is 4. The minimum Gasteiger partial charge on any atom is -0.404 e. The zero-order valence-corrected chi connectivity index (χ0v) is 25.4. The number of rotatable bonds is 9. The molecule has 0 spiro atoms. The minimum absolute atomic E-state index is 0.0113. The van der Waals surface area contributed by atoms with E-state index in [-0.39, 0.29) is 30.2 Å². The average molecular weight is 621 g/mol. The van der Waals surface area contributed by atoms with Crippen LogP contribution in [0.1, 0.15) is 59.3 Å². The number of allylic oxidation sites excluding steroid dienone is 1. The van der Waals surface area contributed by atoms with E-state index in [0.717, 1.165) is 53.7 Å². The molecule has 3 fully saturated rings. The third-order valence-corrected chi connectivity index (χ3v) is 9.42. The highest BCUT2D eigenvalue weighted by Crippen LogP contribution is 2.40. The van der Waals surface area contributed by atoms with Crippen LogP contribution in [-0.4, -0.2) is 80.8 Å². The average Bonchev–Trinajstić information content (AvgIpc) is 3.51. The molecule has 4 atom stereocenters. The molecular formula is C34H36N8O4. The highest BCUT2D eigenvalue weighted by Gasteiger charge is 2.45. The number of likely N-dealkylation sites (tertiary alicyclic amines) is 1. The van der Waals surface area contributed by atoms with Gasteiger partial charge in [0, 0.05) is 68.6 Å². The lowest BCUT2D eigenvalue weighted by Crippen LogP contribution is -2.52. The number of hydrogen-bond acceptors (Lipinski definition) is 9. The van der Waals surface area contributed by atoms with Crippen LogP contribution < -0.4 is 16.4 Å². The van der Waals surface area contributed by atoms with Crippen molar-refractivity contribution in [2.45, 2.75) is 63.3 Å². The fourth-order valence-corrected chi connectivity index (χ4v) is 6.81. The highest BCUT2D eigenvalue weighted by atomic mass is 16.2. The Hall–Kier alpha value is -4.97. The Kier molecular flexibility index (Phi) is 8.03. The van der Waals surface area contributed by atoms with Gasteiger partial charge >= 0.3 is 0 Å². The molecule has 4 N–H and O–H groups in total. The quantitative estimate of drug-likeness (QED) is 0.241. The third-order valence-electron chi connectivity index (χ3n) is 9.42. The van der Waals surface area contributed by atoms with Crippen LogP contribution in [0.2, 0.25) is 0 Å². The van der Waals surface area contributed by atoms with Crippen LogP contribution in [-0.2, 0) is 27.5 Å². The summed E-state index contributed by atoms with van der Waals surface area (Å²) in [7, 11) is 0. The highest BCUT2D eigenvalue weighted by molar-refractivity contribution is 6.09. The predicted octanol–water partition coefficient (Wildman–Crippen LogP) is 1.93. The molecule has 4 amide bonds. The van der Waals surface area contributed by atoms with Crippen molar-refractivity contribution < 1.29 is 19.2 Å². The molecule has 12 heteroatoms. The Morgan fingerprint density at radius 2 is 1.98 bits per heavy atom. The van der Waals surface area contributed by atoms with Crippen molar-refractivity contribution in [3.63, 3.8) is 0 Å². The molecule has 0 bridgehead atoms. The molecule has 4 unspecified atom stereocenters. The zero-order valence-electron chi connectivity index (χ0n) is 25.4. The lowest BCUT2D eigenvalue weighted by Gasteiger charge is -2.29. The molecule has 12 nitrogen and oxygen atoms in total. The number of nitrogens with one attached hydrogen (secondary N) is 2. The van der Waals surface area contributed by atoms with Crippen LogP contribution in [0.5, 0.6) is 0 Å². The van der Waals surface area contributed by atoms with Gasteiger partial charge < -0.3 is 16.0 Å². The van der Waals surface area contributed by atoms with Gasteiger partial charge in [0.25, 0.3) is 5.91 Å². The molecule has 7 rings (SSSR count). The molecule has 3 aromatic rings. The van der Waals surface area contributed by atoms with Crippen molar-refractivity contribution in [2.75, 3.05) is 13.1 Å². The van der Waals surface area contributed by atoms with Crippen LogP contribution in [0.4, 0.5) is 0 Å². The van der Waals surface area contributed by atoms with Crippen LogP contribution in [0.25, 0.3) is 16.6 Å². The molecule has 46 heavy (non-hydrogen) atoms. The van der Waals surface area contributed by atoms with Gasteiger partial charge in [-0.2, -0.15) is 0 Å². The molecule has 236 valence electrons. The monoisotopic (exact) mass is 620 g/mol. The summed E-state index contributed by atoms with van der Waals surface area (Å²) in [6.07, 6.45) is 8.01. The first kappa shape index (κ1) is 29.7. The van der Waals surface area contributed by atoms with Crippen LogP contribution >= 0.6 is 0 Å². The Bertz CT molecular complexity index is 1790. The standard InChI is InChI=1S/C34H36N8O4/c35-14-23(28-17-37-26-3-1-2-4-27(26)39-28)16-36-24-9-10-41(19-24)30-12-21(30)13-32(44)38-15-20-5-6-25-22(11-20)18-42(34(25)46)29-7-8-31(43)40-33(29)45/h1-6,11,14,16-17,21,24,29-30H,7-10,12-13,15,18-19,35H2,(H,38,44)(H,40,43,45). The fourth-order valence-electron chi connectivity index (χ4n) is 6.81. The Labute approximate surface area is 266 Å². The normalized spacial score (nSPS) is 24.9. The first-order valence-corrected chi connectivity index (χ1v) is 15.8. The fraction of sp³-hybridized carbons (Fsp3) is 0.382. The summed E-state index contributed by atoms with van der Waals surface area (Å²) >= 11 is 0. The first-order chi connectivity index (χ1) is 22.4. The lowest BCUT2D eigenvalue weighted by molar-refractivity contribution is -0.137. The van der Waals surface area contributed by atoms with Gasteiger partial charge in [0.15, 0.2) is 0 Å². The second-order valence-corrected chi connectivity index (χ2v) is 12.5. The molecule has 1 aliphatic carbocycles. The number of hydrogen-bond donors (Lipinski definition) is 3. The third kappa shape index (κ3) is 6.12. The van der Waals surface area contributed by atoms with E-state index in [4.69, 9.17) is 10.7 Å². The van der Waals surface area contributed by atoms with E-state index in [1.165, 1.54) is 11.1 Å². The number of nitrogens with two attached hydrogens (primary N) is 1. The van der Waals surface area contributed by atoms with Crippen LogP contribution in [0.3, 0.4) is 0 Å². The Morgan fingerprint density at radius 3 is 2.80 bits per heavy atom. The number of benzene rings is 2. The summed E-state index contributed by atoms with van der Waals surface area (Å²) in [4.78, 5) is 67.5. The van der Waals surface area contributed by atoms with Gasteiger partial charge in [0.2, 0.25) is 17.7 Å². The van der Waals surface area contributed by atoms with Crippen LogP contribution in [0, 0.1) is 5.92 Å². The zero-order chi connectivity index (χ0) is 31.8. The van der Waals surface area contributed by atoms with Crippen molar-refractivity contribution in [2.24, 2.45) is 16.6 Å². The lowest BCUT2D eigenvalue weighted by atomic mass is 10.0. The van der Waals surface area contributed by atoms with Crippen molar-refractivity contribution in [3.05, 3.63) is 77.2 Å². The second-order valence-electron chi connectivity index (χ2n) is 12.5. The van der Waals surface area contributed by atoms with Gasteiger partial charge in [0.05, 0.1) is 29.0 Å². The molecule has 4 aliphatic rings. The summed E-state index contributed by atoms with van der Waals surface area (Å²) in [6.45, 7) is 2.49. The number of amides is 4. The predicted molar refractivity (Wildman–Crippen MR) is 171 cm³/mol. The Balaban J connectivity index is 0.866. The number of piperidine rings is 1. The van der Waals surface area contributed by atoms with Crippen molar-refractivity contribution >= 4 is 46.4 Å². The smallest absolute Gasteiger partial charge is 0.255 e. The van der Waals surface area contributed by atoms with Crippen LogP contribution in [0.15, 0.2) is 59.9 Å². The maximum absolute atomic E-state index is 12.9. The van der Waals surface area contributed by atoms with Crippen molar-refractivity contribution in [1.29, 1.82) is 0 Å². The number of aliphatic imine (C=N–C) groups is 1. The van der Waals surface area contributed by atoms with E-state index in [0.29, 0.717) is 49.1 Å². The first-order valence-electron chi connectivity index (χ1n) is 15.8. The largest absolute Gasteiger partial charge is 0.404 e. The molecule has 2 saturated heterocycles. The summed E-state index contributed by atoms with van der Waals surface area (Å²) in [5.74, 6) is -0.596. The number of carbonyl (C=O) groups excluding carboxylic acids is 4. The summed E-state index contributed by atoms with van der Waals surface area (Å²) in [5, 5.41) is 5.36. The number of fused-ring (bicyclic) bond motifs is 2. The van der Waals surface area contributed by atoms with Gasteiger partial charge in [-0.05, 0) is 54.5 Å². The SMILES string of the molecule is NC=C(C=NC1CCN(C2CC2CC(=O)NCc2ccc3c(c2)CN(C2CCC(=O)NC2=O)C3=O)C1)c1cnc2ccccc2n1. The van der Waals surface area contributed by atoms with Crippen molar-refractivity contribution in [1.82, 2.24) is 30.4 Å². The van der Waals surface area contributed by atoms with E-state index < -0.39 is 11.9 Å². The molecule has 2 aromatic carbocycles. The number of nitrogens with zero attached hydrogens (tertiary/aromatic N) is 5. The summed E-state index contributed by atoms with van der Waals surface area (Å²) < 4.78 is 0. The Morgan fingerprint density at radius 1 is 1.13 bits per heavy atom.